The molecule has 0 radical (unpaired) electrons. The van der Waals surface area contributed by atoms with E-state index < -0.39 is 16.0 Å². The van der Waals surface area contributed by atoms with Crippen LogP contribution in [0.1, 0.15) is 36.0 Å². The van der Waals surface area contributed by atoms with Crippen LogP contribution < -0.4 is 5.32 Å². The molecule has 0 aliphatic heterocycles. The summed E-state index contributed by atoms with van der Waals surface area (Å²) in [5.41, 5.74) is 0.744. The van der Waals surface area contributed by atoms with Gasteiger partial charge in [0.1, 0.15) is 9.77 Å². The van der Waals surface area contributed by atoms with Gasteiger partial charge in [0, 0.05) is 19.3 Å². The average molecular weight is 472 g/mol. The van der Waals surface area contributed by atoms with Gasteiger partial charge in [0.05, 0.1) is 22.4 Å². The molecule has 8 nitrogen and oxygen atoms in total. The summed E-state index contributed by atoms with van der Waals surface area (Å²) >= 11 is 2.36. The zero-order valence-corrected chi connectivity index (χ0v) is 19.7. The maximum absolute atomic E-state index is 12.5. The van der Waals surface area contributed by atoms with E-state index in [4.69, 9.17) is 4.74 Å². The topological polar surface area (TPSA) is 106 Å². The fraction of sp³-hybridized carbons (Fsp3) is 0.421. The molecule has 1 N–H and O–H groups in total. The second-order valence-electron chi connectivity index (χ2n) is 6.10. The smallest absolute Gasteiger partial charge is 0.348 e. The molecule has 2 aromatic heterocycles. The average Bonchev–Trinajstić information content (AvgIpc) is 3.07. The summed E-state index contributed by atoms with van der Waals surface area (Å²) in [6.07, 6.45) is 1.31. The summed E-state index contributed by atoms with van der Waals surface area (Å²) < 4.78 is 31.3. The number of esters is 1. The van der Waals surface area contributed by atoms with Crippen molar-refractivity contribution in [3.63, 3.8) is 0 Å². The first-order valence-electron chi connectivity index (χ1n) is 9.39. The van der Waals surface area contributed by atoms with Crippen molar-refractivity contribution in [2.24, 2.45) is 0 Å². The number of sulfonamides is 1. The molecule has 0 spiro atoms. The first-order chi connectivity index (χ1) is 14.2. The lowest BCUT2D eigenvalue weighted by molar-refractivity contribution is -0.113. The number of thioether (sulfide) groups is 1. The Kier molecular flexibility index (Phi) is 8.83. The third-order valence-corrected chi connectivity index (χ3v) is 8.15. The van der Waals surface area contributed by atoms with E-state index in [0.717, 1.165) is 5.56 Å². The Hall–Kier alpha value is -1.95. The molecular weight excluding hydrogens is 446 g/mol. The second-order valence-corrected chi connectivity index (χ2v) is 10.1. The van der Waals surface area contributed by atoms with Crippen molar-refractivity contribution in [2.75, 3.05) is 30.8 Å². The molecular formula is C19H25N3O5S3. The van der Waals surface area contributed by atoms with E-state index in [1.165, 1.54) is 39.7 Å². The van der Waals surface area contributed by atoms with Crippen LogP contribution in [0.4, 0.5) is 5.00 Å². The largest absolute Gasteiger partial charge is 0.462 e. The number of carbonyl (C=O) groups excluding carboxylic acids is 2. The molecule has 0 aliphatic carbocycles. The number of nitrogens with zero attached hydrogens (tertiary/aromatic N) is 2. The van der Waals surface area contributed by atoms with Gasteiger partial charge in [-0.25, -0.2) is 18.2 Å². The van der Waals surface area contributed by atoms with Crippen molar-refractivity contribution in [3.05, 3.63) is 34.8 Å². The molecule has 1 amide bonds. The summed E-state index contributed by atoms with van der Waals surface area (Å²) in [5, 5.41) is 3.86. The molecule has 2 aromatic rings. The van der Waals surface area contributed by atoms with Crippen LogP contribution in [0.5, 0.6) is 0 Å². The number of rotatable bonds is 10. The number of carbonyl (C=O) groups is 2. The Morgan fingerprint density at radius 2 is 1.93 bits per heavy atom. The molecule has 164 valence electrons. The van der Waals surface area contributed by atoms with Crippen LogP contribution in [-0.2, 0) is 19.6 Å². The first kappa shape index (κ1) is 24.3. The molecule has 0 unspecified atom stereocenters. The lowest BCUT2D eigenvalue weighted by Crippen LogP contribution is -2.30. The number of aromatic nitrogens is 1. The van der Waals surface area contributed by atoms with Gasteiger partial charge in [-0.15, -0.1) is 11.3 Å². The number of aryl methyl sites for hydroxylation is 1. The Morgan fingerprint density at radius 3 is 2.50 bits per heavy atom. The molecule has 0 bridgehead atoms. The third kappa shape index (κ3) is 6.03. The molecule has 0 aromatic carbocycles. The number of anilines is 1. The zero-order chi connectivity index (χ0) is 22.3. The van der Waals surface area contributed by atoms with Gasteiger partial charge >= 0.3 is 5.97 Å². The second kappa shape index (κ2) is 10.9. The van der Waals surface area contributed by atoms with E-state index in [9.17, 15) is 18.0 Å². The predicted octanol–water partition coefficient (Wildman–Crippen LogP) is 3.39. The number of amides is 1. The summed E-state index contributed by atoms with van der Waals surface area (Å²) in [4.78, 5) is 28.8. The maximum atomic E-state index is 12.5. The molecule has 2 rings (SSSR count). The number of ether oxygens (including phenoxy) is 1. The van der Waals surface area contributed by atoms with Crippen molar-refractivity contribution in [3.8, 4) is 0 Å². The fourth-order valence-corrected chi connectivity index (χ4v) is 5.60. The number of nitrogens with one attached hydrogen (secondary N) is 1. The molecule has 0 aliphatic rings. The Balaban J connectivity index is 1.96. The van der Waals surface area contributed by atoms with Crippen LogP contribution in [0.25, 0.3) is 0 Å². The molecule has 0 fully saturated rings. The number of hydrogen-bond donors (Lipinski definition) is 1. The van der Waals surface area contributed by atoms with E-state index in [1.54, 1.807) is 39.8 Å². The lowest BCUT2D eigenvalue weighted by atomic mass is 10.3. The number of thiophene rings is 1. The fourth-order valence-electron chi connectivity index (χ4n) is 2.57. The minimum absolute atomic E-state index is 0.0980. The van der Waals surface area contributed by atoms with E-state index in [1.807, 2.05) is 0 Å². The minimum atomic E-state index is -3.56. The van der Waals surface area contributed by atoms with Crippen LogP contribution >= 0.6 is 23.1 Å². The van der Waals surface area contributed by atoms with Crippen molar-refractivity contribution in [1.82, 2.24) is 9.29 Å². The molecule has 30 heavy (non-hydrogen) atoms. The van der Waals surface area contributed by atoms with Crippen molar-refractivity contribution >= 4 is 50.0 Å². The van der Waals surface area contributed by atoms with E-state index in [-0.39, 0.29) is 23.2 Å². The van der Waals surface area contributed by atoms with Crippen molar-refractivity contribution in [1.29, 1.82) is 0 Å². The standard InChI is InChI=1S/C19H25N3O5S3/c1-5-22(6-2)30(25,26)14-8-9-16(20-11-14)28-12-15(23)21-17-10-13(4)18(29-17)19(24)27-7-3/h8-11H,5-7,12H2,1-4H3,(H,21,23). The van der Waals surface area contributed by atoms with Gasteiger partial charge in [-0.2, -0.15) is 4.31 Å². The van der Waals surface area contributed by atoms with Gasteiger partial charge in [-0.05, 0) is 37.6 Å². The summed E-state index contributed by atoms with van der Waals surface area (Å²) in [6, 6.07) is 4.81. The van der Waals surface area contributed by atoms with Gasteiger partial charge < -0.3 is 10.1 Å². The quantitative estimate of drug-likeness (QED) is 0.418. The predicted molar refractivity (Wildman–Crippen MR) is 119 cm³/mol. The zero-order valence-electron chi connectivity index (χ0n) is 17.3. The van der Waals surface area contributed by atoms with Gasteiger partial charge in [-0.1, -0.05) is 25.6 Å². The van der Waals surface area contributed by atoms with Gasteiger partial charge in [0.2, 0.25) is 15.9 Å². The number of hydrogen-bond acceptors (Lipinski definition) is 8. The van der Waals surface area contributed by atoms with Crippen LogP contribution in [-0.4, -0.2) is 55.0 Å². The van der Waals surface area contributed by atoms with Crippen LogP contribution in [0.15, 0.2) is 34.3 Å². The monoisotopic (exact) mass is 471 g/mol. The minimum Gasteiger partial charge on any atom is -0.462 e. The van der Waals surface area contributed by atoms with Gasteiger partial charge in [0.25, 0.3) is 0 Å². The maximum Gasteiger partial charge on any atom is 0.348 e. The summed E-state index contributed by atoms with van der Waals surface area (Å²) in [5.74, 6) is -0.557. The number of pyridine rings is 1. The Bertz CT molecular complexity index is 983. The Labute approximate surface area is 185 Å². The molecule has 2 heterocycles. The molecule has 0 saturated carbocycles. The van der Waals surface area contributed by atoms with Crippen LogP contribution in [0, 0.1) is 6.92 Å². The van der Waals surface area contributed by atoms with E-state index >= 15 is 0 Å². The third-order valence-electron chi connectivity index (χ3n) is 4.04. The molecule has 0 atom stereocenters. The normalized spacial score (nSPS) is 11.5. The molecule has 11 heteroatoms. The van der Waals surface area contributed by atoms with E-state index in [0.29, 0.717) is 28.0 Å². The highest BCUT2D eigenvalue weighted by molar-refractivity contribution is 7.99. The highest BCUT2D eigenvalue weighted by atomic mass is 32.2. The molecule has 0 saturated heterocycles. The first-order valence-corrected chi connectivity index (χ1v) is 12.6. The summed E-state index contributed by atoms with van der Waals surface area (Å²) in [6.45, 7) is 8.14. The lowest BCUT2D eigenvalue weighted by Gasteiger charge is -2.18. The highest BCUT2D eigenvalue weighted by Crippen LogP contribution is 2.28. The van der Waals surface area contributed by atoms with Gasteiger partial charge in [0.15, 0.2) is 0 Å². The Morgan fingerprint density at radius 1 is 1.23 bits per heavy atom. The van der Waals surface area contributed by atoms with Crippen LogP contribution in [0.3, 0.4) is 0 Å². The SMILES string of the molecule is CCOC(=O)c1sc(NC(=O)CSc2ccc(S(=O)(=O)N(CC)CC)cn2)cc1C. The van der Waals surface area contributed by atoms with Gasteiger partial charge in [-0.3, -0.25) is 4.79 Å². The summed E-state index contributed by atoms with van der Waals surface area (Å²) in [7, 11) is -3.56. The van der Waals surface area contributed by atoms with Crippen LogP contribution in [0.2, 0.25) is 0 Å². The van der Waals surface area contributed by atoms with Crippen molar-refractivity contribution < 1.29 is 22.7 Å². The highest BCUT2D eigenvalue weighted by Gasteiger charge is 2.22. The van der Waals surface area contributed by atoms with E-state index in [2.05, 4.69) is 10.3 Å². The van der Waals surface area contributed by atoms with Crippen molar-refractivity contribution in [2.45, 2.75) is 37.6 Å².